The molecule has 3 nitrogen and oxygen atoms in total. The molecule has 0 aromatic heterocycles. The predicted octanol–water partition coefficient (Wildman–Crippen LogP) is 1.62. The maximum atomic E-state index is 12.9. The van der Waals surface area contributed by atoms with E-state index in [1.807, 2.05) is 0 Å². The summed E-state index contributed by atoms with van der Waals surface area (Å²) < 4.78 is 76.0. The first kappa shape index (κ1) is 13.8. The van der Waals surface area contributed by atoms with E-state index < -0.39 is 30.5 Å². The first-order valence-electron chi connectivity index (χ1n) is 3.51. The van der Waals surface area contributed by atoms with Gasteiger partial charge in [-0.1, -0.05) is 6.92 Å². The largest absolute Gasteiger partial charge is 0.487 e. The van der Waals surface area contributed by atoms with Crippen LogP contribution >= 0.6 is 0 Å². The van der Waals surface area contributed by atoms with Crippen LogP contribution in [0.2, 0.25) is 0 Å². The lowest BCUT2D eigenvalue weighted by atomic mass is 10.0. The molecule has 0 heterocycles. The van der Waals surface area contributed by atoms with Crippen molar-refractivity contribution < 1.29 is 41.0 Å². The molecule has 1 atom stereocenters. The molecule has 0 N–H and O–H groups in total. The van der Waals surface area contributed by atoms with Gasteiger partial charge < -0.3 is 14.6 Å². The molecule has 0 rings (SSSR count). The van der Waals surface area contributed by atoms with Crippen LogP contribution in [0.25, 0.3) is 0 Å². The van der Waals surface area contributed by atoms with Gasteiger partial charge in [-0.2, -0.15) is 22.0 Å². The fraction of sp³-hybridized carbons (Fsp3) is 0.833. The van der Waals surface area contributed by atoms with Gasteiger partial charge in [-0.25, -0.2) is 4.39 Å². The zero-order valence-corrected chi connectivity index (χ0v) is 7.20. The van der Waals surface area contributed by atoms with E-state index in [1.54, 1.807) is 0 Å². The third-order valence-electron chi connectivity index (χ3n) is 1.61. The van der Waals surface area contributed by atoms with Gasteiger partial charge in [0.25, 0.3) is 11.8 Å². The summed E-state index contributed by atoms with van der Waals surface area (Å²) in [6.07, 6.45) is -16.1. The SMILES string of the molecule is CCC(F)(C(F)(F)F)C(F)(F)OC(=O)[O-]. The first-order valence-corrected chi connectivity index (χ1v) is 3.51. The molecular formula is C6H5F6O3-. The zero-order valence-electron chi connectivity index (χ0n) is 7.20. The van der Waals surface area contributed by atoms with Gasteiger partial charge in [-0.05, 0) is 6.42 Å². The van der Waals surface area contributed by atoms with Gasteiger partial charge in [0.15, 0.2) is 0 Å². The maximum Gasteiger partial charge on any atom is 0.430 e. The number of carboxylic acid groups (broad SMARTS) is 1. The smallest absolute Gasteiger partial charge is 0.430 e. The van der Waals surface area contributed by atoms with Gasteiger partial charge >= 0.3 is 12.3 Å². The molecule has 0 amide bonds. The minimum absolute atomic E-state index is 0.472. The van der Waals surface area contributed by atoms with Crippen LogP contribution in [0.3, 0.4) is 0 Å². The minimum atomic E-state index is -5.96. The summed E-state index contributed by atoms with van der Waals surface area (Å²) in [5.41, 5.74) is -5.07. The van der Waals surface area contributed by atoms with Crippen LogP contribution in [-0.2, 0) is 4.74 Å². The molecule has 0 bridgehead atoms. The van der Waals surface area contributed by atoms with Crippen molar-refractivity contribution in [1.82, 2.24) is 0 Å². The van der Waals surface area contributed by atoms with Crippen molar-refractivity contribution in [3.05, 3.63) is 0 Å². The molecule has 0 fully saturated rings. The second-order valence-corrected chi connectivity index (χ2v) is 2.52. The lowest BCUT2D eigenvalue weighted by molar-refractivity contribution is -0.395. The fourth-order valence-electron chi connectivity index (χ4n) is 0.757. The summed E-state index contributed by atoms with van der Waals surface area (Å²) in [4.78, 5) is 9.56. The Kier molecular flexibility index (Phi) is 3.49. The fourth-order valence-corrected chi connectivity index (χ4v) is 0.757. The third kappa shape index (κ3) is 2.45. The molecule has 0 aliphatic heterocycles. The Morgan fingerprint density at radius 1 is 1.20 bits per heavy atom. The van der Waals surface area contributed by atoms with Crippen LogP contribution < -0.4 is 5.11 Å². The van der Waals surface area contributed by atoms with E-state index in [4.69, 9.17) is 0 Å². The second kappa shape index (κ2) is 3.78. The van der Waals surface area contributed by atoms with E-state index in [1.165, 1.54) is 0 Å². The monoisotopic (exact) mass is 239 g/mol. The average molecular weight is 239 g/mol. The van der Waals surface area contributed by atoms with E-state index in [0.717, 1.165) is 0 Å². The predicted molar refractivity (Wildman–Crippen MR) is 31.6 cm³/mol. The highest BCUT2D eigenvalue weighted by Crippen LogP contribution is 2.47. The maximum absolute atomic E-state index is 12.9. The highest BCUT2D eigenvalue weighted by molar-refractivity contribution is 5.54. The molecule has 0 aromatic rings. The zero-order chi connectivity index (χ0) is 12.5. The number of ether oxygens (including phenoxy) is 1. The van der Waals surface area contributed by atoms with Gasteiger partial charge in [0, 0.05) is 0 Å². The quantitative estimate of drug-likeness (QED) is 0.555. The summed E-state index contributed by atoms with van der Waals surface area (Å²) in [6, 6.07) is 0. The van der Waals surface area contributed by atoms with Gasteiger partial charge in [-0.3, -0.25) is 0 Å². The second-order valence-electron chi connectivity index (χ2n) is 2.52. The molecule has 0 spiro atoms. The summed E-state index contributed by atoms with van der Waals surface area (Å²) in [6.45, 7) is 0.472. The number of rotatable bonds is 3. The molecule has 0 radical (unpaired) electrons. The standard InChI is InChI=1S/C6H6F6O3/c1-2-4(7,5(8,9)10)6(11,12)15-3(13)14/h2H2,1H3,(H,13,14)/p-1. The summed E-state index contributed by atoms with van der Waals surface area (Å²) in [5, 5.41) is 9.56. The van der Waals surface area contributed by atoms with Crippen LogP contribution in [-0.4, -0.2) is 24.1 Å². The molecule has 0 saturated carbocycles. The Bertz CT molecular complexity index is 250. The van der Waals surface area contributed by atoms with Crippen LogP contribution in [0.15, 0.2) is 0 Å². The highest BCUT2D eigenvalue weighted by atomic mass is 19.4. The number of hydrogen-bond donors (Lipinski definition) is 0. The van der Waals surface area contributed by atoms with Gasteiger partial charge in [0.1, 0.15) is 0 Å². The van der Waals surface area contributed by atoms with Crippen molar-refractivity contribution >= 4 is 6.16 Å². The molecule has 9 heteroatoms. The van der Waals surface area contributed by atoms with Crippen molar-refractivity contribution in [3.8, 4) is 0 Å². The van der Waals surface area contributed by atoms with E-state index in [0.29, 0.717) is 6.92 Å². The highest BCUT2D eigenvalue weighted by Gasteiger charge is 2.70. The lowest BCUT2D eigenvalue weighted by Crippen LogP contribution is -2.57. The summed E-state index contributed by atoms with van der Waals surface area (Å²) >= 11 is 0. The van der Waals surface area contributed by atoms with Crippen molar-refractivity contribution in [2.75, 3.05) is 0 Å². The van der Waals surface area contributed by atoms with Crippen molar-refractivity contribution in [1.29, 1.82) is 0 Å². The van der Waals surface area contributed by atoms with Crippen LogP contribution in [0, 0.1) is 0 Å². The third-order valence-corrected chi connectivity index (χ3v) is 1.61. The van der Waals surface area contributed by atoms with E-state index >= 15 is 0 Å². The first-order chi connectivity index (χ1) is 6.48. The van der Waals surface area contributed by atoms with E-state index in [9.17, 15) is 36.2 Å². The minimum Gasteiger partial charge on any atom is -0.487 e. The Morgan fingerprint density at radius 3 is 1.80 bits per heavy atom. The van der Waals surface area contributed by atoms with Crippen molar-refractivity contribution in [3.63, 3.8) is 0 Å². The number of alkyl halides is 6. The number of carbonyl (C=O) groups is 1. The topological polar surface area (TPSA) is 49.4 Å². The molecule has 15 heavy (non-hydrogen) atoms. The molecule has 0 aliphatic rings. The van der Waals surface area contributed by atoms with Crippen molar-refractivity contribution in [2.24, 2.45) is 0 Å². The molecule has 1 unspecified atom stereocenters. The lowest BCUT2D eigenvalue weighted by Gasteiger charge is -2.35. The number of hydrogen-bond acceptors (Lipinski definition) is 3. The molecule has 0 aliphatic carbocycles. The Morgan fingerprint density at radius 2 is 1.60 bits per heavy atom. The average Bonchev–Trinajstić information content (AvgIpc) is 1.97. The van der Waals surface area contributed by atoms with Crippen LogP contribution in [0.1, 0.15) is 13.3 Å². The summed E-state index contributed by atoms with van der Waals surface area (Å²) in [7, 11) is 0. The Hall–Kier alpha value is -1.15. The van der Waals surface area contributed by atoms with Gasteiger partial charge in [0.05, 0.1) is 0 Å². The normalized spacial score (nSPS) is 17.0. The van der Waals surface area contributed by atoms with Gasteiger partial charge in [-0.15, -0.1) is 0 Å². The van der Waals surface area contributed by atoms with E-state index in [-0.39, 0.29) is 0 Å². The van der Waals surface area contributed by atoms with E-state index in [2.05, 4.69) is 4.74 Å². The molecule has 0 saturated heterocycles. The molecule has 90 valence electrons. The van der Waals surface area contributed by atoms with Gasteiger partial charge in [0.2, 0.25) is 0 Å². The molecular weight excluding hydrogens is 234 g/mol. The summed E-state index contributed by atoms with van der Waals surface area (Å²) in [5.74, 6) is 0. The number of halogens is 6. The molecule has 0 aromatic carbocycles. The van der Waals surface area contributed by atoms with Crippen LogP contribution in [0.4, 0.5) is 31.1 Å². The van der Waals surface area contributed by atoms with Crippen LogP contribution in [0.5, 0.6) is 0 Å². The van der Waals surface area contributed by atoms with Crippen molar-refractivity contribution in [2.45, 2.75) is 31.3 Å². The Balaban J connectivity index is 5.19. The Labute approximate surface area is 79.6 Å². The number of carbonyl (C=O) groups excluding carboxylic acids is 1.